The second kappa shape index (κ2) is 45.2. The lowest BCUT2D eigenvalue weighted by Crippen LogP contribution is -2.29. The molecule has 0 heterocycles. The fourth-order valence-corrected chi connectivity index (χ4v) is 7.09. The number of ether oxygens (including phenoxy) is 2. The van der Waals surface area contributed by atoms with Crippen LogP contribution in [0.15, 0.2) is 60.8 Å². The van der Waals surface area contributed by atoms with Gasteiger partial charge in [-0.15, -0.1) is 0 Å². The molecule has 2 atom stereocenters. The zero-order valence-electron chi connectivity index (χ0n) is 37.7. The van der Waals surface area contributed by atoms with E-state index >= 15 is 0 Å². The summed E-state index contributed by atoms with van der Waals surface area (Å²) in [6.07, 6.45) is 54.0. The number of phosphoric acid groups is 1. The molecule has 0 aliphatic heterocycles. The molecule has 10 heteroatoms. The van der Waals surface area contributed by atoms with Crippen molar-refractivity contribution in [1.82, 2.24) is 0 Å². The first kappa shape index (κ1) is 56.7. The number of nitrogens with two attached hydrogens (primary N) is 1. The molecule has 0 aromatic carbocycles. The largest absolute Gasteiger partial charge is 0.472 e. The van der Waals surface area contributed by atoms with E-state index in [0.29, 0.717) is 12.8 Å². The molecule has 9 nitrogen and oxygen atoms in total. The third-order valence-corrected chi connectivity index (χ3v) is 10.9. The minimum Gasteiger partial charge on any atom is -0.462 e. The highest BCUT2D eigenvalue weighted by Gasteiger charge is 2.26. The standard InChI is InChI=1S/C49H88NO8P/c1-3-5-7-9-11-13-15-17-19-21-22-23-24-26-27-29-31-33-35-37-39-41-48(51)55-45-47(46-57-59(53,54)56-44-43-50)58-49(52)42-40-38-36-34-32-30-28-25-20-18-16-14-12-10-8-6-4-2/h14,16,19,21,23-24,27,29,33,35,47H,3-13,15,17-18,20,22,25-26,28,30-32,34,36-46,50H2,1-2H3,(H,53,54)/b16-14+,21-19+,24-23+,29-27+,35-33+/t47-/m1/s1. The average molecular weight is 850 g/mol. The molecule has 0 saturated heterocycles. The Morgan fingerprint density at radius 2 is 0.898 bits per heavy atom. The number of allylic oxidation sites excluding steroid dienone is 10. The minimum atomic E-state index is -4.39. The van der Waals surface area contributed by atoms with Gasteiger partial charge in [-0.1, -0.05) is 177 Å². The number of rotatable bonds is 44. The van der Waals surface area contributed by atoms with E-state index in [1.807, 2.05) is 0 Å². The lowest BCUT2D eigenvalue weighted by Gasteiger charge is -2.19. The van der Waals surface area contributed by atoms with Crippen LogP contribution in [-0.4, -0.2) is 49.3 Å². The van der Waals surface area contributed by atoms with Gasteiger partial charge in [0.1, 0.15) is 6.61 Å². The van der Waals surface area contributed by atoms with Gasteiger partial charge in [-0.2, -0.15) is 0 Å². The van der Waals surface area contributed by atoms with Crippen LogP contribution in [0.4, 0.5) is 0 Å². The quantitative estimate of drug-likeness (QED) is 0.0266. The molecule has 0 aliphatic carbocycles. The van der Waals surface area contributed by atoms with Crippen LogP contribution in [0.5, 0.6) is 0 Å². The maximum atomic E-state index is 12.6. The second-order valence-corrected chi connectivity index (χ2v) is 17.1. The maximum Gasteiger partial charge on any atom is 0.472 e. The van der Waals surface area contributed by atoms with Gasteiger partial charge >= 0.3 is 19.8 Å². The fourth-order valence-electron chi connectivity index (χ4n) is 6.33. The van der Waals surface area contributed by atoms with Gasteiger partial charge in [-0.05, 0) is 77.0 Å². The third-order valence-electron chi connectivity index (χ3n) is 9.88. The van der Waals surface area contributed by atoms with Crippen molar-refractivity contribution in [3.05, 3.63) is 60.8 Å². The predicted molar refractivity (Wildman–Crippen MR) is 247 cm³/mol. The van der Waals surface area contributed by atoms with Crippen molar-refractivity contribution in [2.24, 2.45) is 5.73 Å². The van der Waals surface area contributed by atoms with Crippen molar-refractivity contribution >= 4 is 19.8 Å². The summed E-state index contributed by atoms with van der Waals surface area (Å²) < 4.78 is 32.8. The summed E-state index contributed by atoms with van der Waals surface area (Å²) in [6.45, 7) is 3.66. The summed E-state index contributed by atoms with van der Waals surface area (Å²) in [5.74, 6) is -0.896. The van der Waals surface area contributed by atoms with E-state index in [-0.39, 0.29) is 32.6 Å². The highest BCUT2D eigenvalue weighted by Crippen LogP contribution is 2.43. The van der Waals surface area contributed by atoms with Crippen LogP contribution in [0.25, 0.3) is 0 Å². The summed E-state index contributed by atoms with van der Waals surface area (Å²) in [6, 6.07) is 0. The summed E-state index contributed by atoms with van der Waals surface area (Å²) in [5, 5.41) is 0. The molecule has 0 radical (unpaired) electrons. The first-order valence-corrected chi connectivity index (χ1v) is 25.3. The van der Waals surface area contributed by atoms with E-state index in [4.69, 9.17) is 24.3 Å². The highest BCUT2D eigenvalue weighted by molar-refractivity contribution is 7.47. The number of hydrogen-bond acceptors (Lipinski definition) is 8. The van der Waals surface area contributed by atoms with Gasteiger partial charge in [-0.25, -0.2) is 4.57 Å². The van der Waals surface area contributed by atoms with Gasteiger partial charge in [-0.3, -0.25) is 18.6 Å². The first-order chi connectivity index (χ1) is 28.8. The van der Waals surface area contributed by atoms with Crippen molar-refractivity contribution in [3.63, 3.8) is 0 Å². The third kappa shape index (κ3) is 45.1. The van der Waals surface area contributed by atoms with E-state index in [9.17, 15) is 19.0 Å². The van der Waals surface area contributed by atoms with E-state index in [2.05, 4.69) is 74.6 Å². The summed E-state index contributed by atoms with van der Waals surface area (Å²) in [7, 11) is -4.39. The maximum absolute atomic E-state index is 12.6. The van der Waals surface area contributed by atoms with Crippen LogP contribution in [0, 0.1) is 0 Å². The molecule has 0 fully saturated rings. The van der Waals surface area contributed by atoms with Gasteiger partial charge < -0.3 is 20.1 Å². The summed E-state index contributed by atoms with van der Waals surface area (Å²) >= 11 is 0. The first-order valence-electron chi connectivity index (χ1n) is 23.8. The van der Waals surface area contributed by atoms with Gasteiger partial charge in [0, 0.05) is 19.4 Å². The Kier molecular flexibility index (Phi) is 43.5. The summed E-state index contributed by atoms with van der Waals surface area (Å²) in [5.41, 5.74) is 5.35. The molecule has 0 amide bonds. The monoisotopic (exact) mass is 850 g/mol. The van der Waals surface area contributed by atoms with Crippen molar-refractivity contribution in [2.45, 2.75) is 213 Å². The van der Waals surface area contributed by atoms with Crippen molar-refractivity contribution < 1.29 is 37.6 Å². The number of carbonyl (C=O) groups excluding carboxylic acids is 2. The molecule has 0 aliphatic rings. The number of phosphoric ester groups is 1. The molecule has 0 aromatic heterocycles. The molecule has 342 valence electrons. The van der Waals surface area contributed by atoms with Crippen LogP contribution in [0.2, 0.25) is 0 Å². The number of unbranched alkanes of at least 4 members (excludes halogenated alkanes) is 21. The molecule has 59 heavy (non-hydrogen) atoms. The Labute approximate surface area is 361 Å². The normalized spacial score (nSPS) is 13.8. The van der Waals surface area contributed by atoms with E-state index in [1.165, 1.54) is 122 Å². The zero-order chi connectivity index (χ0) is 43.2. The van der Waals surface area contributed by atoms with Crippen LogP contribution >= 0.6 is 7.82 Å². The molecule has 0 saturated carbocycles. The molecular weight excluding hydrogens is 762 g/mol. The Bertz CT molecular complexity index is 1150. The number of carbonyl (C=O) groups is 2. The minimum absolute atomic E-state index is 0.0440. The molecule has 3 N–H and O–H groups in total. The van der Waals surface area contributed by atoms with Gasteiger partial charge in [0.25, 0.3) is 0 Å². The van der Waals surface area contributed by atoms with Gasteiger partial charge in [0.05, 0.1) is 13.2 Å². The zero-order valence-corrected chi connectivity index (χ0v) is 38.6. The number of esters is 2. The average Bonchev–Trinajstić information content (AvgIpc) is 3.22. The van der Waals surface area contributed by atoms with E-state index < -0.39 is 32.5 Å². The van der Waals surface area contributed by atoms with Crippen molar-refractivity contribution in [2.75, 3.05) is 26.4 Å². The summed E-state index contributed by atoms with van der Waals surface area (Å²) in [4.78, 5) is 34.9. The second-order valence-electron chi connectivity index (χ2n) is 15.6. The Morgan fingerprint density at radius 1 is 0.508 bits per heavy atom. The van der Waals surface area contributed by atoms with Crippen LogP contribution in [-0.2, 0) is 32.7 Å². The number of hydrogen-bond donors (Lipinski definition) is 2. The molecular formula is C49H88NO8P. The fraction of sp³-hybridized carbons (Fsp3) is 0.755. The lowest BCUT2D eigenvalue weighted by molar-refractivity contribution is -0.161. The van der Waals surface area contributed by atoms with E-state index in [0.717, 1.165) is 44.9 Å². The molecule has 0 spiro atoms. The molecule has 0 bridgehead atoms. The van der Waals surface area contributed by atoms with Crippen molar-refractivity contribution in [1.29, 1.82) is 0 Å². The molecule has 0 rings (SSSR count). The molecule has 1 unspecified atom stereocenters. The topological polar surface area (TPSA) is 134 Å². The highest BCUT2D eigenvalue weighted by atomic mass is 31.2. The Hall–Kier alpha value is -2.29. The van der Waals surface area contributed by atoms with Gasteiger partial charge in [0.15, 0.2) is 6.10 Å². The van der Waals surface area contributed by atoms with E-state index in [1.54, 1.807) is 0 Å². The predicted octanol–water partition coefficient (Wildman–Crippen LogP) is 14.1. The Balaban J connectivity index is 4.20. The smallest absolute Gasteiger partial charge is 0.462 e. The Morgan fingerprint density at radius 3 is 1.39 bits per heavy atom. The lowest BCUT2D eigenvalue weighted by atomic mass is 10.1. The van der Waals surface area contributed by atoms with Crippen LogP contribution in [0.3, 0.4) is 0 Å². The van der Waals surface area contributed by atoms with Crippen molar-refractivity contribution in [3.8, 4) is 0 Å². The molecule has 0 aromatic rings. The van der Waals surface area contributed by atoms with Crippen LogP contribution in [0.1, 0.15) is 206 Å². The van der Waals surface area contributed by atoms with Gasteiger partial charge in [0.2, 0.25) is 0 Å². The SMILES string of the molecule is CCCCCC/C=C/CCCCCCCCCCCC(=O)O[C@H](COC(=O)CCC/C=C/C/C=C/C/C=C/C/C=C/CCCCCCCCC)COP(=O)(O)OCCN. The van der Waals surface area contributed by atoms with Crippen LogP contribution < -0.4 is 5.73 Å².